The number of thiophene rings is 1. The number of carbonyl (C=O) groups excluding carboxylic acids is 1. The largest absolute Gasteiger partial charge is 0.491 e. The van der Waals surface area contributed by atoms with Gasteiger partial charge in [-0.25, -0.2) is 4.39 Å². The van der Waals surface area contributed by atoms with Crippen LogP contribution in [0, 0.1) is 17.1 Å². The Hall–Kier alpha value is -2.86. The number of hydrogen-bond donors (Lipinski definition) is 2. The van der Waals surface area contributed by atoms with E-state index in [1.165, 1.54) is 17.4 Å². The molecular formula is C22H18ClFN4O2S. The number of anilines is 1. The van der Waals surface area contributed by atoms with Crippen LogP contribution in [0.4, 0.5) is 9.39 Å². The standard InChI is InChI=1S/C22H18ClFN4O2S/c23-19-18(12-2-1-3-16-17(12)14(9-25)21(26)31-16)15(24)8-13-20(19)30-7-4-11-10-27-5-6-28(11)22(13)29/h1-3,8,11,27H,4-7,10,26H2. The van der Waals surface area contributed by atoms with Gasteiger partial charge in [0.1, 0.15) is 16.9 Å². The lowest BCUT2D eigenvalue weighted by atomic mass is 9.96. The summed E-state index contributed by atoms with van der Waals surface area (Å²) < 4.78 is 22.2. The van der Waals surface area contributed by atoms with Crippen LogP contribution in [0.5, 0.6) is 5.75 Å². The quantitative estimate of drug-likeness (QED) is 0.577. The molecule has 2 aliphatic heterocycles. The Balaban J connectivity index is 1.72. The highest BCUT2D eigenvalue weighted by Gasteiger charge is 2.34. The molecule has 0 spiro atoms. The molecule has 0 bridgehead atoms. The first-order chi connectivity index (χ1) is 15.0. The third-order valence-electron chi connectivity index (χ3n) is 5.84. The van der Waals surface area contributed by atoms with Gasteiger partial charge in [0.15, 0.2) is 5.75 Å². The summed E-state index contributed by atoms with van der Waals surface area (Å²) in [4.78, 5) is 15.0. The van der Waals surface area contributed by atoms with Crippen molar-refractivity contribution in [3.8, 4) is 22.9 Å². The second kappa shape index (κ2) is 7.68. The highest BCUT2D eigenvalue weighted by Crippen LogP contribution is 2.46. The third kappa shape index (κ3) is 3.12. The zero-order valence-corrected chi connectivity index (χ0v) is 17.9. The van der Waals surface area contributed by atoms with Crippen LogP contribution in [0.2, 0.25) is 5.02 Å². The first-order valence-corrected chi connectivity index (χ1v) is 11.1. The minimum atomic E-state index is -0.644. The molecule has 3 heterocycles. The number of nitrogens with one attached hydrogen (secondary N) is 1. The molecule has 1 saturated heterocycles. The zero-order chi connectivity index (χ0) is 21.7. The van der Waals surface area contributed by atoms with Crippen molar-refractivity contribution in [3.63, 3.8) is 0 Å². The van der Waals surface area contributed by atoms with Crippen molar-refractivity contribution in [3.05, 3.63) is 46.2 Å². The maximum Gasteiger partial charge on any atom is 0.258 e. The Labute approximate surface area is 187 Å². The predicted octanol–water partition coefficient (Wildman–Crippen LogP) is 4.01. The van der Waals surface area contributed by atoms with E-state index in [4.69, 9.17) is 22.1 Å². The van der Waals surface area contributed by atoms with Gasteiger partial charge < -0.3 is 20.7 Å². The SMILES string of the molecule is N#Cc1c(N)sc2cccc(-c3c(F)cc4c(c3Cl)OCCC3CNCCN3C4=O)c12. The number of ether oxygens (including phenoxy) is 1. The summed E-state index contributed by atoms with van der Waals surface area (Å²) in [7, 11) is 0. The fraction of sp³-hybridized carbons (Fsp3) is 0.273. The number of nitrogens with two attached hydrogens (primary N) is 1. The molecule has 5 rings (SSSR count). The highest BCUT2D eigenvalue weighted by molar-refractivity contribution is 7.23. The first kappa shape index (κ1) is 20.1. The summed E-state index contributed by atoms with van der Waals surface area (Å²) in [6, 6.07) is 8.59. The van der Waals surface area contributed by atoms with E-state index in [0.717, 1.165) is 4.70 Å². The van der Waals surface area contributed by atoms with Gasteiger partial charge in [0.05, 0.1) is 22.8 Å². The number of fused-ring (bicyclic) bond motifs is 3. The number of carbonyl (C=O) groups is 1. The summed E-state index contributed by atoms with van der Waals surface area (Å²) in [6.45, 7) is 2.26. The molecule has 1 fully saturated rings. The number of rotatable bonds is 1. The molecule has 6 nitrogen and oxygen atoms in total. The van der Waals surface area contributed by atoms with E-state index in [1.807, 2.05) is 6.07 Å². The average molecular weight is 457 g/mol. The fourth-order valence-electron chi connectivity index (χ4n) is 4.37. The summed E-state index contributed by atoms with van der Waals surface area (Å²) in [5.41, 5.74) is 6.97. The molecule has 1 aromatic heterocycles. The third-order valence-corrected chi connectivity index (χ3v) is 7.18. The monoisotopic (exact) mass is 456 g/mol. The van der Waals surface area contributed by atoms with Gasteiger partial charge in [0.2, 0.25) is 0 Å². The topological polar surface area (TPSA) is 91.4 Å². The fourth-order valence-corrected chi connectivity index (χ4v) is 5.67. The molecule has 31 heavy (non-hydrogen) atoms. The van der Waals surface area contributed by atoms with Gasteiger partial charge in [-0.3, -0.25) is 4.79 Å². The molecule has 2 aromatic carbocycles. The second-order valence-electron chi connectivity index (χ2n) is 7.55. The minimum Gasteiger partial charge on any atom is -0.491 e. The molecule has 0 radical (unpaired) electrons. The average Bonchev–Trinajstić information content (AvgIpc) is 3.09. The number of nitrogens with zero attached hydrogens (tertiary/aromatic N) is 2. The number of hydrogen-bond acceptors (Lipinski definition) is 6. The molecule has 3 aromatic rings. The van der Waals surface area contributed by atoms with Crippen molar-refractivity contribution >= 4 is 43.9 Å². The van der Waals surface area contributed by atoms with Crippen molar-refractivity contribution in [2.24, 2.45) is 0 Å². The Bertz CT molecular complexity index is 1270. The van der Waals surface area contributed by atoms with Crippen LogP contribution in [-0.2, 0) is 0 Å². The molecule has 158 valence electrons. The van der Waals surface area contributed by atoms with Crippen LogP contribution in [-0.4, -0.2) is 43.1 Å². The highest BCUT2D eigenvalue weighted by atomic mass is 35.5. The van der Waals surface area contributed by atoms with Gasteiger partial charge in [0, 0.05) is 47.7 Å². The lowest BCUT2D eigenvalue weighted by Gasteiger charge is -2.38. The first-order valence-electron chi connectivity index (χ1n) is 9.89. The van der Waals surface area contributed by atoms with E-state index < -0.39 is 5.82 Å². The van der Waals surface area contributed by atoms with E-state index in [0.29, 0.717) is 54.2 Å². The number of nitriles is 1. The molecule has 1 amide bonds. The van der Waals surface area contributed by atoms with Crippen molar-refractivity contribution in [1.29, 1.82) is 5.26 Å². The van der Waals surface area contributed by atoms with Gasteiger partial charge in [-0.05, 0) is 17.7 Å². The number of nitrogen functional groups attached to an aromatic ring is 1. The van der Waals surface area contributed by atoms with E-state index >= 15 is 4.39 Å². The second-order valence-corrected chi connectivity index (χ2v) is 9.01. The lowest BCUT2D eigenvalue weighted by molar-refractivity contribution is 0.0575. The van der Waals surface area contributed by atoms with Gasteiger partial charge in [-0.15, -0.1) is 11.3 Å². The summed E-state index contributed by atoms with van der Waals surface area (Å²) >= 11 is 7.94. The molecule has 0 aliphatic carbocycles. The number of benzene rings is 2. The Morgan fingerprint density at radius 2 is 2.23 bits per heavy atom. The molecule has 1 unspecified atom stereocenters. The summed E-state index contributed by atoms with van der Waals surface area (Å²) in [6.07, 6.45) is 0.649. The number of amides is 1. The van der Waals surface area contributed by atoms with Crippen LogP contribution >= 0.6 is 22.9 Å². The van der Waals surface area contributed by atoms with Gasteiger partial charge in [0.25, 0.3) is 5.91 Å². The lowest BCUT2D eigenvalue weighted by Crippen LogP contribution is -2.54. The predicted molar refractivity (Wildman–Crippen MR) is 119 cm³/mol. The van der Waals surface area contributed by atoms with Crippen molar-refractivity contribution in [2.75, 3.05) is 32.0 Å². The van der Waals surface area contributed by atoms with Crippen LogP contribution in [0.25, 0.3) is 21.2 Å². The van der Waals surface area contributed by atoms with Crippen molar-refractivity contribution in [1.82, 2.24) is 10.2 Å². The smallest absolute Gasteiger partial charge is 0.258 e. The van der Waals surface area contributed by atoms with Crippen molar-refractivity contribution in [2.45, 2.75) is 12.5 Å². The Kier molecular flexibility index (Phi) is 4.97. The van der Waals surface area contributed by atoms with E-state index in [9.17, 15) is 10.1 Å². The molecule has 0 saturated carbocycles. The summed E-state index contributed by atoms with van der Waals surface area (Å²) in [5.74, 6) is -0.753. The molecule has 9 heteroatoms. The van der Waals surface area contributed by atoms with E-state index in [2.05, 4.69) is 11.4 Å². The number of piperazine rings is 1. The molecule has 3 N–H and O–H groups in total. The van der Waals surface area contributed by atoms with Crippen LogP contribution in [0.3, 0.4) is 0 Å². The summed E-state index contributed by atoms with van der Waals surface area (Å²) in [5, 5.41) is 13.8. The van der Waals surface area contributed by atoms with Crippen LogP contribution in [0.15, 0.2) is 24.3 Å². The minimum absolute atomic E-state index is 0.00312. The van der Waals surface area contributed by atoms with Gasteiger partial charge in [-0.2, -0.15) is 5.26 Å². The van der Waals surface area contributed by atoms with E-state index in [1.54, 1.807) is 17.0 Å². The van der Waals surface area contributed by atoms with Gasteiger partial charge >= 0.3 is 0 Å². The molecule has 1 atom stereocenters. The van der Waals surface area contributed by atoms with E-state index in [-0.39, 0.29) is 33.8 Å². The Morgan fingerprint density at radius 1 is 1.39 bits per heavy atom. The normalized spacial score (nSPS) is 18.5. The van der Waals surface area contributed by atoms with Crippen molar-refractivity contribution < 1.29 is 13.9 Å². The maximum absolute atomic E-state index is 15.5. The zero-order valence-electron chi connectivity index (χ0n) is 16.4. The molecular weight excluding hydrogens is 439 g/mol. The van der Waals surface area contributed by atoms with Crippen LogP contribution in [0.1, 0.15) is 22.3 Å². The number of halogens is 2. The maximum atomic E-state index is 15.5. The van der Waals surface area contributed by atoms with Crippen LogP contribution < -0.4 is 15.8 Å². The van der Waals surface area contributed by atoms with Gasteiger partial charge in [-0.1, -0.05) is 23.7 Å². The Morgan fingerprint density at radius 3 is 3.03 bits per heavy atom. The molecule has 2 aliphatic rings.